The van der Waals surface area contributed by atoms with Crippen LogP contribution in [-0.4, -0.2) is 62.7 Å². The molecule has 1 heterocycles. The highest BCUT2D eigenvalue weighted by molar-refractivity contribution is 7.99. The number of benzene rings is 1. The lowest BCUT2D eigenvalue weighted by molar-refractivity contribution is -0.144. The van der Waals surface area contributed by atoms with Crippen molar-refractivity contribution in [3.8, 4) is 0 Å². The van der Waals surface area contributed by atoms with E-state index in [1.54, 1.807) is 18.0 Å². The minimum absolute atomic E-state index is 0.168. The number of rotatable bonds is 14. The average Bonchev–Trinajstić information content (AvgIpc) is 2.85. The van der Waals surface area contributed by atoms with E-state index in [2.05, 4.69) is 25.6 Å². The topological polar surface area (TPSA) is 68.2 Å². The fraction of sp³-hybridized carbons (Fsp3) is 0.654. The first-order valence-electron chi connectivity index (χ1n) is 12.3. The Morgan fingerprint density at radius 3 is 2.71 bits per heavy atom. The van der Waals surface area contributed by atoms with Gasteiger partial charge < -0.3 is 14.4 Å². The number of hydrogen-bond acceptors (Lipinski definition) is 6. The van der Waals surface area contributed by atoms with E-state index in [4.69, 9.17) is 21.1 Å². The van der Waals surface area contributed by atoms with E-state index in [1.165, 1.54) is 11.8 Å². The maximum atomic E-state index is 13.2. The maximum Gasteiger partial charge on any atom is 0.306 e. The van der Waals surface area contributed by atoms with E-state index in [9.17, 15) is 9.59 Å². The number of esters is 1. The van der Waals surface area contributed by atoms with Crippen LogP contribution in [0.3, 0.4) is 0 Å². The Morgan fingerprint density at radius 1 is 1.32 bits per heavy atom. The lowest BCUT2D eigenvalue weighted by Gasteiger charge is -2.27. The summed E-state index contributed by atoms with van der Waals surface area (Å²) in [5.41, 5.74) is 0.829. The zero-order valence-corrected chi connectivity index (χ0v) is 22.4. The smallest absolute Gasteiger partial charge is 0.306 e. The summed E-state index contributed by atoms with van der Waals surface area (Å²) in [6.07, 6.45) is 6.60. The second kappa shape index (κ2) is 15.4. The first-order chi connectivity index (χ1) is 16.4. The molecule has 6 nitrogen and oxygen atoms in total. The van der Waals surface area contributed by atoms with Crippen LogP contribution >= 0.6 is 23.4 Å². The van der Waals surface area contributed by atoms with Crippen molar-refractivity contribution in [2.75, 3.05) is 39.2 Å². The summed E-state index contributed by atoms with van der Waals surface area (Å²) in [4.78, 5) is 31.9. The molecule has 0 bridgehead atoms. The first kappa shape index (κ1) is 28.7. The van der Waals surface area contributed by atoms with E-state index >= 15 is 0 Å². The zero-order valence-electron chi connectivity index (χ0n) is 20.8. The third-order valence-corrected chi connectivity index (χ3v) is 7.84. The lowest BCUT2D eigenvalue weighted by Crippen LogP contribution is -2.34. The molecule has 1 fully saturated rings. The number of ether oxygens (including phenoxy) is 2. The van der Waals surface area contributed by atoms with Crippen LogP contribution in [0.2, 0.25) is 5.02 Å². The molecule has 1 unspecified atom stereocenters. The number of nitrogens with zero attached hydrogens (tertiary/aromatic N) is 2. The van der Waals surface area contributed by atoms with Gasteiger partial charge in [0.25, 0.3) is 5.91 Å². The molecule has 0 aliphatic carbocycles. The van der Waals surface area contributed by atoms with Crippen LogP contribution in [0.1, 0.15) is 69.2 Å². The van der Waals surface area contributed by atoms with Crippen LogP contribution in [0.25, 0.3) is 0 Å². The van der Waals surface area contributed by atoms with Crippen molar-refractivity contribution >= 4 is 47.6 Å². The summed E-state index contributed by atoms with van der Waals surface area (Å²) in [5, 5.41) is 0.359. The van der Waals surface area contributed by atoms with Gasteiger partial charge in [-0.2, -0.15) is 0 Å². The Balaban J connectivity index is 1.95. The van der Waals surface area contributed by atoms with Gasteiger partial charge in [0.05, 0.1) is 29.3 Å². The molecular weight excluding hydrogens is 472 g/mol. The molecule has 8 heteroatoms. The average molecular weight is 511 g/mol. The Labute approximate surface area is 213 Å². The van der Waals surface area contributed by atoms with Gasteiger partial charge in [0, 0.05) is 37.5 Å². The Hall–Kier alpha value is -1.57. The zero-order chi connectivity index (χ0) is 24.9. The molecule has 1 aliphatic heterocycles. The van der Waals surface area contributed by atoms with Gasteiger partial charge in [0.15, 0.2) is 0 Å². The van der Waals surface area contributed by atoms with Crippen LogP contribution in [0.5, 0.6) is 0 Å². The minimum atomic E-state index is -0.199. The number of halogens is 1. The third-order valence-electron chi connectivity index (χ3n) is 6.28. The normalized spacial score (nSPS) is 15.1. The standard InChI is InChI=1S/C26H39ClN2O4S/c1-5-7-8-19(6-2)18-33-23(30)13-16-34-22-10-9-21(28-3)24(25(22)27)26(31)29(4)17-20-11-14-32-15-12-20/h9-10,19-20H,3,5-8,11-18H2,1-2,4H3. The predicted octanol–water partition coefficient (Wildman–Crippen LogP) is 6.41. The largest absolute Gasteiger partial charge is 0.465 e. The van der Waals surface area contributed by atoms with Gasteiger partial charge in [0.1, 0.15) is 0 Å². The van der Waals surface area contributed by atoms with Gasteiger partial charge >= 0.3 is 5.97 Å². The lowest BCUT2D eigenvalue weighted by atomic mass is 9.99. The summed E-state index contributed by atoms with van der Waals surface area (Å²) in [7, 11) is 1.79. The van der Waals surface area contributed by atoms with Gasteiger partial charge in [-0.25, -0.2) is 0 Å². The number of unbranched alkanes of at least 4 members (excludes halogenated alkanes) is 1. The van der Waals surface area contributed by atoms with E-state index in [-0.39, 0.29) is 11.9 Å². The monoisotopic (exact) mass is 510 g/mol. The van der Waals surface area contributed by atoms with Gasteiger partial charge in [-0.1, -0.05) is 44.7 Å². The van der Waals surface area contributed by atoms with Crippen LogP contribution in [-0.2, 0) is 14.3 Å². The van der Waals surface area contributed by atoms with Gasteiger partial charge in [-0.15, -0.1) is 11.8 Å². The summed E-state index contributed by atoms with van der Waals surface area (Å²) in [6, 6.07) is 3.59. The Kier molecular flexibility index (Phi) is 13.0. The van der Waals surface area contributed by atoms with Crippen molar-refractivity contribution in [2.24, 2.45) is 16.8 Å². The second-order valence-electron chi connectivity index (χ2n) is 8.87. The Bertz CT molecular complexity index is 814. The molecular formula is C26H39ClN2O4S. The molecule has 1 aromatic rings. The second-order valence-corrected chi connectivity index (χ2v) is 10.4. The molecule has 190 valence electrons. The number of carbonyl (C=O) groups is 2. The van der Waals surface area contributed by atoms with E-state index in [0.29, 0.717) is 53.4 Å². The molecule has 1 atom stereocenters. The Morgan fingerprint density at radius 2 is 2.06 bits per heavy atom. The van der Waals surface area contributed by atoms with E-state index in [0.717, 1.165) is 56.6 Å². The molecule has 0 spiro atoms. The fourth-order valence-corrected chi connectivity index (χ4v) is 5.29. The number of aliphatic imine (C=N–C) groups is 1. The van der Waals surface area contributed by atoms with Crippen molar-refractivity contribution in [1.82, 2.24) is 4.90 Å². The quantitative estimate of drug-likeness (QED) is 0.164. The minimum Gasteiger partial charge on any atom is -0.465 e. The number of hydrogen-bond donors (Lipinski definition) is 0. The van der Waals surface area contributed by atoms with Gasteiger partial charge in [-0.3, -0.25) is 14.6 Å². The molecule has 1 aliphatic rings. The van der Waals surface area contributed by atoms with Crippen molar-refractivity contribution in [2.45, 2.75) is 63.7 Å². The summed E-state index contributed by atoms with van der Waals surface area (Å²) >= 11 is 8.11. The highest BCUT2D eigenvalue weighted by Crippen LogP contribution is 2.37. The SMILES string of the molecule is C=Nc1ccc(SCCC(=O)OCC(CC)CCCC)c(Cl)c1C(=O)N(C)CC1CCOCC1. The summed E-state index contributed by atoms with van der Waals surface area (Å²) < 4.78 is 10.9. The highest BCUT2D eigenvalue weighted by Gasteiger charge is 2.24. The number of carbonyl (C=O) groups excluding carboxylic acids is 2. The van der Waals surface area contributed by atoms with E-state index < -0.39 is 0 Å². The maximum absolute atomic E-state index is 13.2. The van der Waals surface area contributed by atoms with Gasteiger partial charge in [0.2, 0.25) is 0 Å². The molecule has 2 rings (SSSR count). The van der Waals surface area contributed by atoms with Crippen molar-refractivity contribution in [3.05, 3.63) is 22.7 Å². The molecule has 0 N–H and O–H groups in total. The van der Waals surface area contributed by atoms with Crippen LogP contribution in [0.15, 0.2) is 22.0 Å². The molecule has 1 saturated heterocycles. The van der Waals surface area contributed by atoms with Crippen LogP contribution in [0, 0.1) is 11.8 Å². The van der Waals surface area contributed by atoms with Crippen molar-refractivity contribution < 1.29 is 19.1 Å². The number of amides is 1. The molecule has 34 heavy (non-hydrogen) atoms. The van der Waals surface area contributed by atoms with Crippen LogP contribution in [0.4, 0.5) is 5.69 Å². The molecule has 0 aromatic heterocycles. The van der Waals surface area contributed by atoms with Gasteiger partial charge in [-0.05, 0) is 49.9 Å². The molecule has 1 aromatic carbocycles. The fourth-order valence-electron chi connectivity index (χ4n) is 4.01. The van der Waals surface area contributed by atoms with E-state index in [1.807, 2.05) is 6.07 Å². The first-order valence-corrected chi connectivity index (χ1v) is 13.7. The van der Waals surface area contributed by atoms with Crippen LogP contribution < -0.4 is 0 Å². The van der Waals surface area contributed by atoms with Crippen molar-refractivity contribution in [3.63, 3.8) is 0 Å². The van der Waals surface area contributed by atoms with Crippen molar-refractivity contribution in [1.29, 1.82) is 0 Å². The summed E-state index contributed by atoms with van der Waals surface area (Å²) in [6.45, 7) is 10.5. The summed E-state index contributed by atoms with van der Waals surface area (Å²) in [5.74, 6) is 1.00. The molecule has 0 saturated carbocycles. The number of thioether (sulfide) groups is 1. The molecule has 0 radical (unpaired) electrons. The predicted molar refractivity (Wildman–Crippen MR) is 141 cm³/mol. The highest BCUT2D eigenvalue weighted by atomic mass is 35.5. The molecule has 1 amide bonds. The third kappa shape index (κ3) is 8.90.